The molecule has 5 nitrogen and oxygen atoms in total. The molecule has 0 aliphatic carbocycles. The third kappa shape index (κ3) is 6.08. The van der Waals surface area contributed by atoms with Gasteiger partial charge < -0.3 is 14.8 Å². The molecule has 0 radical (unpaired) electrons. The van der Waals surface area contributed by atoms with Crippen LogP contribution < -0.4 is 10.1 Å². The van der Waals surface area contributed by atoms with Gasteiger partial charge in [0.1, 0.15) is 11.3 Å². The van der Waals surface area contributed by atoms with Crippen molar-refractivity contribution < 1.29 is 19.1 Å². The van der Waals surface area contributed by atoms with Crippen LogP contribution in [0.1, 0.15) is 29.3 Å². The molecule has 0 aliphatic rings. The molecular weight excluding hydrogens is 354 g/mol. The minimum atomic E-state index is -0.656. The first-order valence-corrected chi connectivity index (χ1v) is 8.71. The summed E-state index contributed by atoms with van der Waals surface area (Å²) < 4.78 is 10.2. The van der Waals surface area contributed by atoms with Gasteiger partial charge in [0.2, 0.25) is 0 Å². The maximum absolute atomic E-state index is 12.1. The van der Waals surface area contributed by atoms with E-state index in [0.717, 1.165) is 12.8 Å². The molecule has 2 aromatic rings. The van der Waals surface area contributed by atoms with E-state index in [1.807, 2.05) is 25.1 Å². The van der Waals surface area contributed by atoms with Crippen LogP contribution in [0.4, 0.5) is 0 Å². The van der Waals surface area contributed by atoms with Gasteiger partial charge in [-0.15, -0.1) is 0 Å². The number of aryl methyl sites for hydroxylation is 1. The second-order valence-corrected chi connectivity index (χ2v) is 6.35. The van der Waals surface area contributed by atoms with Gasteiger partial charge in [0.25, 0.3) is 5.91 Å². The van der Waals surface area contributed by atoms with Crippen LogP contribution in [-0.2, 0) is 16.0 Å². The molecule has 0 heterocycles. The Hall–Kier alpha value is -2.53. The van der Waals surface area contributed by atoms with Crippen LogP contribution in [0.2, 0.25) is 5.02 Å². The highest BCUT2D eigenvalue weighted by Gasteiger charge is 2.16. The standard InChI is InChI=1S/C20H22ClNO4/c1-14(8-9-15-6-4-3-5-7-15)22-19(23)13-26-20(24)17-12-16(21)10-11-18(17)25-2/h3-7,10-12,14H,8-9,13H2,1-2H3,(H,22,23)/t14-/m0/s1. The Labute approximate surface area is 158 Å². The molecule has 0 spiro atoms. The molecule has 0 fully saturated rings. The summed E-state index contributed by atoms with van der Waals surface area (Å²) in [4.78, 5) is 24.1. The van der Waals surface area contributed by atoms with Crippen LogP contribution in [0.3, 0.4) is 0 Å². The summed E-state index contributed by atoms with van der Waals surface area (Å²) in [6.07, 6.45) is 1.66. The van der Waals surface area contributed by atoms with Gasteiger partial charge in [-0.1, -0.05) is 41.9 Å². The van der Waals surface area contributed by atoms with E-state index in [0.29, 0.717) is 10.8 Å². The number of esters is 1. The number of halogens is 1. The van der Waals surface area contributed by atoms with Crippen molar-refractivity contribution in [3.8, 4) is 5.75 Å². The van der Waals surface area contributed by atoms with E-state index in [1.165, 1.54) is 18.7 Å². The number of hydrogen-bond acceptors (Lipinski definition) is 4. The first-order chi connectivity index (χ1) is 12.5. The maximum Gasteiger partial charge on any atom is 0.342 e. The largest absolute Gasteiger partial charge is 0.496 e. The van der Waals surface area contributed by atoms with E-state index in [-0.39, 0.29) is 24.1 Å². The molecule has 0 saturated carbocycles. The van der Waals surface area contributed by atoms with Crippen molar-refractivity contribution in [2.45, 2.75) is 25.8 Å². The predicted molar refractivity (Wildman–Crippen MR) is 101 cm³/mol. The number of rotatable bonds is 8. The molecule has 26 heavy (non-hydrogen) atoms. The molecule has 1 N–H and O–H groups in total. The lowest BCUT2D eigenvalue weighted by atomic mass is 10.1. The van der Waals surface area contributed by atoms with E-state index in [2.05, 4.69) is 17.4 Å². The highest BCUT2D eigenvalue weighted by atomic mass is 35.5. The number of benzene rings is 2. The van der Waals surface area contributed by atoms with Crippen LogP contribution in [0.15, 0.2) is 48.5 Å². The van der Waals surface area contributed by atoms with Gasteiger partial charge in [-0.3, -0.25) is 4.79 Å². The molecule has 0 bridgehead atoms. The van der Waals surface area contributed by atoms with E-state index in [1.54, 1.807) is 12.1 Å². The number of carbonyl (C=O) groups is 2. The number of methoxy groups -OCH3 is 1. The minimum Gasteiger partial charge on any atom is -0.496 e. The van der Waals surface area contributed by atoms with Crippen LogP contribution in [0, 0.1) is 0 Å². The van der Waals surface area contributed by atoms with Crippen molar-refractivity contribution in [2.24, 2.45) is 0 Å². The molecule has 1 atom stereocenters. The van der Waals surface area contributed by atoms with Crippen molar-refractivity contribution in [3.05, 3.63) is 64.7 Å². The second-order valence-electron chi connectivity index (χ2n) is 5.91. The van der Waals surface area contributed by atoms with E-state index in [4.69, 9.17) is 21.1 Å². The zero-order valence-corrected chi connectivity index (χ0v) is 15.6. The third-order valence-corrected chi connectivity index (χ3v) is 4.07. The van der Waals surface area contributed by atoms with Crippen LogP contribution in [0.5, 0.6) is 5.75 Å². The Balaban J connectivity index is 1.79. The molecule has 2 rings (SSSR count). The molecule has 0 saturated heterocycles. The normalized spacial score (nSPS) is 11.5. The lowest BCUT2D eigenvalue weighted by Crippen LogP contribution is -2.36. The number of carbonyl (C=O) groups excluding carboxylic acids is 2. The van der Waals surface area contributed by atoms with Gasteiger partial charge in [0.15, 0.2) is 6.61 Å². The summed E-state index contributed by atoms with van der Waals surface area (Å²) in [5, 5.41) is 3.21. The van der Waals surface area contributed by atoms with E-state index < -0.39 is 5.97 Å². The molecular formula is C20H22ClNO4. The lowest BCUT2D eigenvalue weighted by Gasteiger charge is -2.14. The summed E-state index contributed by atoms with van der Waals surface area (Å²) in [5.74, 6) is -0.660. The average molecular weight is 376 g/mol. The van der Waals surface area contributed by atoms with Gasteiger partial charge in [-0.2, -0.15) is 0 Å². The quantitative estimate of drug-likeness (QED) is 0.715. The minimum absolute atomic E-state index is 0.0258. The van der Waals surface area contributed by atoms with Crippen molar-refractivity contribution >= 4 is 23.5 Å². The summed E-state index contributed by atoms with van der Waals surface area (Å²) >= 11 is 5.89. The first-order valence-electron chi connectivity index (χ1n) is 8.33. The maximum atomic E-state index is 12.1. The Bertz CT molecular complexity index is 749. The third-order valence-electron chi connectivity index (χ3n) is 3.83. The second kappa shape index (κ2) is 9.82. The zero-order valence-electron chi connectivity index (χ0n) is 14.8. The fourth-order valence-electron chi connectivity index (χ4n) is 2.47. The molecule has 2 aromatic carbocycles. The van der Waals surface area contributed by atoms with Crippen LogP contribution in [-0.4, -0.2) is 31.6 Å². The monoisotopic (exact) mass is 375 g/mol. The van der Waals surface area contributed by atoms with Gasteiger partial charge in [-0.25, -0.2) is 4.79 Å². The van der Waals surface area contributed by atoms with Gasteiger partial charge in [-0.05, 0) is 43.5 Å². The highest BCUT2D eigenvalue weighted by Crippen LogP contribution is 2.23. The fourth-order valence-corrected chi connectivity index (χ4v) is 2.64. The Morgan fingerprint density at radius 1 is 1.15 bits per heavy atom. The number of ether oxygens (including phenoxy) is 2. The number of hydrogen-bond donors (Lipinski definition) is 1. The lowest BCUT2D eigenvalue weighted by molar-refractivity contribution is -0.124. The molecule has 6 heteroatoms. The molecule has 0 aromatic heterocycles. The topological polar surface area (TPSA) is 64.6 Å². The molecule has 138 valence electrons. The van der Waals surface area contributed by atoms with Crippen molar-refractivity contribution in [2.75, 3.05) is 13.7 Å². The van der Waals surface area contributed by atoms with E-state index >= 15 is 0 Å². The molecule has 1 amide bonds. The molecule has 0 aliphatic heterocycles. The molecule has 0 unspecified atom stereocenters. The Kier molecular flexibility index (Phi) is 7.48. The summed E-state index contributed by atoms with van der Waals surface area (Å²) in [6.45, 7) is 1.56. The Morgan fingerprint density at radius 2 is 1.88 bits per heavy atom. The van der Waals surface area contributed by atoms with Crippen LogP contribution >= 0.6 is 11.6 Å². The summed E-state index contributed by atoms with van der Waals surface area (Å²) in [5.41, 5.74) is 1.40. The van der Waals surface area contributed by atoms with Crippen LogP contribution in [0.25, 0.3) is 0 Å². The number of nitrogens with one attached hydrogen (secondary N) is 1. The average Bonchev–Trinajstić information content (AvgIpc) is 2.65. The van der Waals surface area contributed by atoms with E-state index in [9.17, 15) is 9.59 Å². The van der Waals surface area contributed by atoms with Gasteiger partial charge in [0.05, 0.1) is 7.11 Å². The van der Waals surface area contributed by atoms with Crippen molar-refractivity contribution in [3.63, 3.8) is 0 Å². The Morgan fingerprint density at radius 3 is 2.58 bits per heavy atom. The zero-order chi connectivity index (χ0) is 18.9. The number of amides is 1. The van der Waals surface area contributed by atoms with Gasteiger partial charge >= 0.3 is 5.97 Å². The fraction of sp³-hybridized carbons (Fsp3) is 0.300. The highest BCUT2D eigenvalue weighted by molar-refractivity contribution is 6.31. The van der Waals surface area contributed by atoms with Crippen molar-refractivity contribution in [1.29, 1.82) is 0 Å². The van der Waals surface area contributed by atoms with Crippen molar-refractivity contribution in [1.82, 2.24) is 5.32 Å². The summed E-state index contributed by atoms with van der Waals surface area (Å²) in [6, 6.07) is 14.7. The SMILES string of the molecule is COc1ccc(Cl)cc1C(=O)OCC(=O)N[C@@H](C)CCc1ccccc1. The first kappa shape index (κ1) is 19.8. The predicted octanol–water partition coefficient (Wildman–Crippen LogP) is 3.64. The smallest absolute Gasteiger partial charge is 0.342 e. The van der Waals surface area contributed by atoms with Gasteiger partial charge in [0, 0.05) is 11.1 Å². The summed E-state index contributed by atoms with van der Waals surface area (Å²) in [7, 11) is 1.45.